The Balaban J connectivity index is 2.12. The fraction of sp³-hybridized carbons (Fsp3) is 0.294. The highest BCUT2D eigenvalue weighted by Gasteiger charge is 2.06. The minimum absolute atomic E-state index is 0.0848. The molecule has 0 saturated carbocycles. The lowest BCUT2D eigenvalue weighted by Gasteiger charge is -2.10. The van der Waals surface area contributed by atoms with Crippen LogP contribution in [-0.2, 0) is 7.05 Å². The van der Waals surface area contributed by atoms with Crippen LogP contribution in [0.3, 0.4) is 0 Å². The number of nitrogens with zero attached hydrogens (tertiary/aromatic N) is 2. The van der Waals surface area contributed by atoms with Crippen molar-refractivity contribution in [2.75, 3.05) is 13.7 Å². The summed E-state index contributed by atoms with van der Waals surface area (Å²) >= 11 is 0. The van der Waals surface area contributed by atoms with Crippen LogP contribution in [0.1, 0.15) is 29.3 Å². The second kappa shape index (κ2) is 7.45. The fourth-order valence-electron chi connectivity index (χ4n) is 1.94. The lowest BCUT2D eigenvalue weighted by molar-refractivity contribution is 0.104. The smallest absolute Gasteiger partial charge is 0.189 e. The van der Waals surface area contributed by atoms with Crippen LogP contribution in [0, 0.1) is 0 Å². The van der Waals surface area contributed by atoms with E-state index < -0.39 is 0 Å². The van der Waals surface area contributed by atoms with E-state index in [2.05, 4.69) is 5.10 Å². The van der Waals surface area contributed by atoms with Crippen molar-refractivity contribution >= 4 is 11.9 Å². The van der Waals surface area contributed by atoms with Gasteiger partial charge in [-0.05, 0) is 30.2 Å². The highest BCUT2D eigenvalue weighted by molar-refractivity contribution is 6.06. The molecule has 0 atom stereocenters. The van der Waals surface area contributed by atoms with Gasteiger partial charge in [-0.25, -0.2) is 0 Å². The molecule has 1 aromatic heterocycles. The van der Waals surface area contributed by atoms with Crippen molar-refractivity contribution in [2.24, 2.45) is 7.05 Å². The minimum atomic E-state index is -0.0848. The number of rotatable bonds is 7. The van der Waals surface area contributed by atoms with Crippen molar-refractivity contribution in [3.05, 3.63) is 47.8 Å². The van der Waals surface area contributed by atoms with E-state index in [1.54, 1.807) is 37.3 Å². The summed E-state index contributed by atoms with van der Waals surface area (Å²) in [5.41, 5.74) is 1.44. The van der Waals surface area contributed by atoms with Gasteiger partial charge in [0.05, 0.1) is 25.5 Å². The van der Waals surface area contributed by atoms with E-state index in [4.69, 9.17) is 9.47 Å². The van der Waals surface area contributed by atoms with Gasteiger partial charge in [0.2, 0.25) is 0 Å². The van der Waals surface area contributed by atoms with Crippen molar-refractivity contribution < 1.29 is 14.3 Å². The molecule has 0 N–H and O–H groups in total. The van der Waals surface area contributed by atoms with Crippen LogP contribution in [0.4, 0.5) is 0 Å². The van der Waals surface area contributed by atoms with Crippen LogP contribution in [0.5, 0.6) is 11.5 Å². The van der Waals surface area contributed by atoms with Gasteiger partial charge in [0.25, 0.3) is 0 Å². The summed E-state index contributed by atoms with van der Waals surface area (Å²) in [6, 6.07) is 5.58. The Bertz CT molecular complexity index is 674. The normalized spacial score (nSPS) is 10.9. The Morgan fingerprint density at radius 2 is 2.18 bits per heavy atom. The number of aromatic nitrogens is 2. The third kappa shape index (κ3) is 3.97. The van der Waals surface area contributed by atoms with Crippen molar-refractivity contribution in [3.8, 4) is 11.5 Å². The number of carbonyl (C=O) groups excluding carboxylic acids is 1. The molecule has 2 aromatic rings. The zero-order valence-corrected chi connectivity index (χ0v) is 13.1. The van der Waals surface area contributed by atoms with E-state index in [9.17, 15) is 4.79 Å². The van der Waals surface area contributed by atoms with Crippen LogP contribution in [-0.4, -0.2) is 29.3 Å². The first-order chi connectivity index (χ1) is 10.6. The van der Waals surface area contributed by atoms with E-state index in [0.717, 1.165) is 12.0 Å². The molecule has 5 heteroatoms. The lowest BCUT2D eigenvalue weighted by Crippen LogP contribution is -1.98. The van der Waals surface area contributed by atoms with E-state index in [-0.39, 0.29) is 5.78 Å². The first kappa shape index (κ1) is 15.8. The molecule has 116 valence electrons. The fourth-order valence-corrected chi connectivity index (χ4v) is 1.94. The number of aryl methyl sites for hydroxylation is 1. The average Bonchev–Trinajstić information content (AvgIpc) is 2.97. The molecule has 0 aliphatic carbocycles. The van der Waals surface area contributed by atoms with Crippen LogP contribution < -0.4 is 9.47 Å². The van der Waals surface area contributed by atoms with Gasteiger partial charge in [0, 0.05) is 13.2 Å². The van der Waals surface area contributed by atoms with Gasteiger partial charge in [-0.3, -0.25) is 9.48 Å². The quantitative estimate of drug-likeness (QED) is 0.582. The topological polar surface area (TPSA) is 53.3 Å². The third-order valence-electron chi connectivity index (χ3n) is 3.07. The monoisotopic (exact) mass is 300 g/mol. The Hall–Kier alpha value is -2.56. The number of hydrogen-bond acceptors (Lipinski definition) is 4. The van der Waals surface area contributed by atoms with Crippen molar-refractivity contribution in [3.63, 3.8) is 0 Å². The second-order valence-corrected chi connectivity index (χ2v) is 4.86. The maximum Gasteiger partial charge on any atom is 0.189 e. The van der Waals surface area contributed by atoms with E-state index in [1.807, 2.05) is 25.1 Å². The molecular formula is C17H20N2O3. The van der Waals surface area contributed by atoms with E-state index in [0.29, 0.717) is 23.7 Å². The van der Waals surface area contributed by atoms with Crippen LogP contribution in [0.2, 0.25) is 0 Å². The van der Waals surface area contributed by atoms with Crippen LogP contribution in [0.25, 0.3) is 6.08 Å². The molecule has 2 rings (SSSR count). The Labute approximate surface area is 130 Å². The minimum Gasteiger partial charge on any atom is -0.493 e. The average molecular weight is 300 g/mol. The maximum atomic E-state index is 12.0. The highest BCUT2D eigenvalue weighted by Crippen LogP contribution is 2.28. The number of ether oxygens (including phenoxy) is 2. The van der Waals surface area contributed by atoms with E-state index >= 15 is 0 Å². The molecule has 0 saturated heterocycles. The van der Waals surface area contributed by atoms with Gasteiger partial charge < -0.3 is 9.47 Å². The molecule has 0 aliphatic heterocycles. The second-order valence-electron chi connectivity index (χ2n) is 4.86. The third-order valence-corrected chi connectivity index (χ3v) is 3.07. The summed E-state index contributed by atoms with van der Waals surface area (Å²) in [6.07, 6.45) is 7.45. The zero-order valence-electron chi connectivity index (χ0n) is 13.1. The van der Waals surface area contributed by atoms with E-state index in [1.165, 1.54) is 6.08 Å². The number of carbonyl (C=O) groups is 1. The molecule has 0 bridgehead atoms. The van der Waals surface area contributed by atoms with Crippen molar-refractivity contribution in [2.45, 2.75) is 13.3 Å². The summed E-state index contributed by atoms with van der Waals surface area (Å²) in [5.74, 6) is 1.28. The maximum absolute atomic E-state index is 12.0. The molecule has 0 fully saturated rings. The highest BCUT2D eigenvalue weighted by atomic mass is 16.5. The molecule has 0 amide bonds. The van der Waals surface area contributed by atoms with Gasteiger partial charge in [-0.1, -0.05) is 19.1 Å². The number of ketones is 1. The molecule has 1 aromatic carbocycles. The van der Waals surface area contributed by atoms with Gasteiger partial charge in [-0.2, -0.15) is 5.10 Å². The Morgan fingerprint density at radius 3 is 2.82 bits per heavy atom. The number of allylic oxidation sites excluding steroid dienone is 1. The van der Waals surface area contributed by atoms with Gasteiger partial charge in [0.1, 0.15) is 0 Å². The molecule has 5 nitrogen and oxygen atoms in total. The summed E-state index contributed by atoms with van der Waals surface area (Å²) in [6.45, 7) is 2.69. The molecule has 0 spiro atoms. The Kier molecular flexibility index (Phi) is 5.36. The van der Waals surface area contributed by atoms with Gasteiger partial charge >= 0.3 is 0 Å². The molecule has 0 radical (unpaired) electrons. The SMILES string of the molecule is CCCOc1ccc(/C=C/C(=O)c2cnn(C)c2)cc1OC. The summed E-state index contributed by atoms with van der Waals surface area (Å²) in [7, 11) is 3.38. The molecule has 22 heavy (non-hydrogen) atoms. The predicted octanol–water partition coefficient (Wildman–Crippen LogP) is 3.11. The zero-order chi connectivity index (χ0) is 15.9. The standard InChI is InChI=1S/C17H20N2O3/c1-4-9-22-16-8-6-13(10-17(16)21-3)5-7-15(20)14-11-18-19(2)12-14/h5-8,10-12H,4,9H2,1-3H3/b7-5+. The molecule has 0 aliphatic rings. The first-order valence-corrected chi connectivity index (χ1v) is 7.16. The predicted molar refractivity (Wildman–Crippen MR) is 85.4 cm³/mol. The van der Waals surface area contributed by atoms with Crippen molar-refractivity contribution in [1.82, 2.24) is 9.78 Å². The Morgan fingerprint density at radius 1 is 1.36 bits per heavy atom. The largest absolute Gasteiger partial charge is 0.493 e. The first-order valence-electron chi connectivity index (χ1n) is 7.16. The number of hydrogen-bond donors (Lipinski definition) is 0. The molecule has 1 heterocycles. The van der Waals surface area contributed by atoms with Crippen LogP contribution >= 0.6 is 0 Å². The number of methoxy groups -OCH3 is 1. The summed E-state index contributed by atoms with van der Waals surface area (Å²) in [4.78, 5) is 12.0. The van der Waals surface area contributed by atoms with Gasteiger partial charge in [-0.15, -0.1) is 0 Å². The van der Waals surface area contributed by atoms with Crippen LogP contribution in [0.15, 0.2) is 36.7 Å². The number of benzene rings is 1. The summed E-state index contributed by atoms with van der Waals surface area (Å²) < 4.78 is 12.5. The molecule has 0 unspecified atom stereocenters. The van der Waals surface area contributed by atoms with Gasteiger partial charge in [0.15, 0.2) is 17.3 Å². The molecular weight excluding hydrogens is 280 g/mol. The van der Waals surface area contributed by atoms with Crippen molar-refractivity contribution in [1.29, 1.82) is 0 Å². The lowest BCUT2D eigenvalue weighted by atomic mass is 10.1. The summed E-state index contributed by atoms with van der Waals surface area (Å²) in [5, 5.41) is 3.99.